The minimum atomic E-state index is 0.419. The number of anilines is 1. The van der Waals surface area contributed by atoms with Crippen molar-refractivity contribution in [1.29, 1.82) is 0 Å². The number of amidine groups is 1. The van der Waals surface area contributed by atoms with Crippen molar-refractivity contribution in [3.05, 3.63) is 27.7 Å². The number of aliphatic imine (C=N–C) groups is 1. The minimum Gasteiger partial charge on any atom is -0.334 e. The van der Waals surface area contributed by atoms with Crippen molar-refractivity contribution in [3.8, 4) is 0 Å². The summed E-state index contributed by atoms with van der Waals surface area (Å²) in [4.78, 5) is 4.74. The third kappa shape index (κ3) is 3.65. The summed E-state index contributed by atoms with van der Waals surface area (Å²) in [5.41, 5.74) is 0.913. The maximum absolute atomic E-state index is 6.19. The number of nitrogens with one attached hydrogen (secondary N) is 1. The van der Waals surface area contributed by atoms with Crippen LogP contribution < -0.4 is 5.32 Å². The molecule has 2 rings (SSSR count). The first-order valence-corrected chi connectivity index (χ1v) is 8.14. The van der Waals surface area contributed by atoms with E-state index in [-0.39, 0.29) is 0 Å². The Morgan fingerprint density at radius 2 is 2.28 bits per heavy atom. The smallest absolute Gasteiger partial charge is 0.161 e. The first kappa shape index (κ1) is 14.2. The van der Waals surface area contributed by atoms with Crippen LogP contribution in [0.3, 0.4) is 0 Å². The van der Waals surface area contributed by atoms with Crippen molar-refractivity contribution in [3.63, 3.8) is 0 Å². The van der Waals surface area contributed by atoms with Crippen LogP contribution in [0.1, 0.15) is 20.3 Å². The third-order valence-corrected chi connectivity index (χ3v) is 4.60. The second-order valence-corrected chi connectivity index (χ2v) is 7.04. The molecule has 2 nitrogen and oxygen atoms in total. The molecule has 1 unspecified atom stereocenters. The van der Waals surface area contributed by atoms with Crippen LogP contribution in [0.5, 0.6) is 0 Å². The monoisotopic (exact) mass is 346 g/mol. The number of rotatable bonds is 2. The lowest BCUT2D eigenvalue weighted by Gasteiger charge is -2.23. The average molecular weight is 348 g/mol. The van der Waals surface area contributed by atoms with Gasteiger partial charge in [0.05, 0.1) is 16.8 Å². The lowest BCUT2D eigenvalue weighted by atomic mass is 10.0. The fourth-order valence-electron chi connectivity index (χ4n) is 1.79. The van der Waals surface area contributed by atoms with Crippen LogP contribution in [0.4, 0.5) is 5.69 Å². The second-order valence-electron chi connectivity index (χ2n) is 4.63. The van der Waals surface area contributed by atoms with E-state index in [1.807, 2.05) is 18.2 Å². The molecule has 98 valence electrons. The Morgan fingerprint density at radius 3 is 2.94 bits per heavy atom. The van der Waals surface area contributed by atoms with E-state index in [9.17, 15) is 0 Å². The van der Waals surface area contributed by atoms with Gasteiger partial charge in [0.25, 0.3) is 0 Å². The van der Waals surface area contributed by atoms with Crippen LogP contribution in [0, 0.1) is 5.92 Å². The Labute approximate surface area is 126 Å². The van der Waals surface area contributed by atoms with Crippen molar-refractivity contribution in [2.24, 2.45) is 10.9 Å². The third-order valence-electron chi connectivity index (χ3n) is 2.88. The number of hydrogen-bond donors (Lipinski definition) is 1. The molecule has 5 heteroatoms. The molecule has 0 saturated heterocycles. The maximum Gasteiger partial charge on any atom is 0.161 e. The highest BCUT2D eigenvalue weighted by Crippen LogP contribution is 2.29. The summed E-state index contributed by atoms with van der Waals surface area (Å²) in [5, 5.41) is 5.01. The van der Waals surface area contributed by atoms with Gasteiger partial charge in [-0.2, -0.15) is 0 Å². The maximum atomic E-state index is 6.19. The van der Waals surface area contributed by atoms with Gasteiger partial charge in [-0.1, -0.05) is 53.1 Å². The summed E-state index contributed by atoms with van der Waals surface area (Å²) in [6.45, 7) is 4.43. The van der Waals surface area contributed by atoms with Crippen LogP contribution in [0.25, 0.3) is 0 Å². The number of hydrogen-bond acceptors (Lipinski definition) is 3. The number of halogens is 2. The van der Waals surface area contributed by atoms with Crippen molar-refractivity contribution in [1.82, 2.24) is 0 Å². The van der Waals surface area contributed by atoms with E-state index in [2.05, 4.69) is 35.1 Å². The van der Waals surface area contributed by atoms with E-state index in [1.165, 1.54) is 0 Å². The molecule has 0 bridgehead atoms. The fourth-order valence-corrected chi connectivity index (χ4v) is 3.45. The summed E-state index contributed by atoms with van der Waals surface area (Å²) < 4.78 is 0.983. The molecule has 1 aliphatic rings. The standard InChI is InChI=1S/C13H16BrClN2S/c1-8(2)11-5-6-18-13(16-11)17-12-4-3-9(14)7-10(12)15/h3-4,7-8,11H,5-6H2,1-2H3,(H,16,17). The predicted molar refractivity (Wildman–Crippen MR) is 85.9 cm³/mol. The van der Waals surface area contributed by atoms with Gasteiger partial charge in [0.2, 0.25) is 0 Å². The number of thioether (sulfide) groups is 1. The van der Waals surface area contributed by atoms with E-state index in [0.717, 1.165) is 27.5 Å². The molecule has 0 saturated carbocycles. The highest BCUT2D eigenvalue weighted by Gasteiger charge is 2.19. The lowest BCUT2D eigenvalue weighted by molar-refractivity contribution is 0.485. The zero-order chi connectivity index (χ0) is 13.1. The van der Waals surface area contributed by atoms with Crippen molar-refractivity contribution in [2.75, 3.05) is 11.1 Å². The molecule has 1 aromatic rings. The molecule has 0 radical (unpaired) electrons. The second kappa shape index (κ2) is 6.31. The molecule has 1 N–H and O–H groups in total. The average Bonchev–Trinajstić information content (AvgIpc) is 2.33. The Hall–Kier alpha value is -0.190. The number of benzene rings is 1. The molecule has 0 aromatic heterocycles. The largest absolute Gasteiger partial charge is 0.334 e. The first-order chi connectivity index (χ1) is 8.56. The topological polar surface area (TPSA) is 24.4 Å². The molecule has 1 aromatic carbocycles. The highest BCUT2D eigenvalue weighted by molar-refractivity contribution is 9.10. The van der Waals surface area contributed by atoms with Crippen molar-refractivity contribution < 1.29 is 0 Å². The Balaban J connectivity index is 2.13. The zero-order valence-electron chi connectivity index (χ0n) is 10.4. The lowest BCUT2D eigenvalue weighted by Crippen LogP contribution is -2.23. The zero-order valence-corrected chi connectivity index (χ0v) is 13.6. The van der Waals surface area contributed by atoms with Gasteiger partial charge in [0.1, 0.15) is 0 Å². The van der Waals surface area contributed by atoms with Crippen LogP contribution in [-0.2, 0) is 0 Å². The molecule has 1 atom stereocenters. The molecule has 0 amide bonds. The van der Waals surface area contributed by atoms with Crippen LogP contribution in [0.15, 0.2) is 27.7 Å². The predicted octanol–water partition coefficient (Wildman–Crippen LogP) is 5.03. The molecular weight excluding hydrogens is 332 g/mol. The Bertz CT molecular complexity index is 462. The van der Waals surface area contributed by atoms with E-state index in [0.29, 0.717) is 17.0 Å². The normalized spacial score (nSPS) is 19.8. The van der Waals surface area contributed by atoms with Crippen LogP contribution >= 0.6 is 39.3 Å². The summed E-state index contributed by atoms with van der Waals surface area (Å²) in [7, 11) is 0. The Kier molecular flexibility index (Phi) is 4.98. The molecule has 0 spiro atoms. The van der Waals surface area contributed by atoms with Gasteiger partial charge < -0.3 is 5.32 Å². The van der Waals surface area contributed by atoms with Crippen molar-refractivity contribution >= 4 is 50.1 Å². The summed E-state index contributed by atoms with van der Waals surface area (Å²) in [5.74, 6) is 1.70. The van der Waals surface area contributed by atoms with Crippen LogP contribution in [0.2, 0.25) is 5.02 Å². The summed E-state index contributed by atoms with van der Waals surface area (Å²) >= 11 is 11.4. The van der Waals surface area contributed by atoms with Gasteiger partial charge in [0, 0.05) is 10.2 Å². The highest BCUT2D eigenvalue weighted by atomic mass is 79.9. The quantitative estimate of drug-likeness (QED) is 0.811. The van der Waals surface area contributed by atoms with Gasteiger partial charge in [-0.15, -0.1) is 0 Å². The molecule has 0 fully saturated rings. The van der Waals surface area contributed by atoms with Gasteiger partial charge in [-0.25, -0.2) is 0 Å². The van der Waals surface area contributed by atoms with Gasteiger partial charge in [-0.05, 0) is 30.5 Å². The molecule has 1 heterocycles. The van der Waals surface area contributed by atoms with Gasteiger partial charge in [-0.3, -0.25) is 4.99 Å². The van der Waals surface area contributed by atoms with E-state index in [1.54, 1.807) is 11.8 Å². The van der Waals surface area contributed by atoms with Gasteiger partial charge in [0.15, 0.2) is 5.17 Å². The van der Waals surface area contributed by atoms with Gasteiger partial charge >= 0.3 is 0 Å². The van der Waals surface area contributed by atoms with E-state index < -0.39 is 0 Å². The number of nitrogens with zero attached hydrogens (tertiary/aromatic N) is 1. The van der Waals surface area contributed by atoms with Crippen molar-refractivity contribution in [2.45, 2.75) is 26.3 Å². The molecule has 0 aliphatic carbocycles. The first-order valence-electron chi connectivity index (χ1n) is 5.99. The van der Waals surface area contributed by atoms with Crippen LogP contribution in [-0.4, -0.2) is 17.0 Å². The molecule has 18 heavy (non-hydrogen) atoms. The summed E-state index contributed by atoms with van der Waals surface area (Å²) in [6, 6.07) is 6.25. The Morgan fingerprint density at radius 1 is 1.50 bits per heavy atom. The molecule has 1 aliphatic heterocycles. The van der Waals surface area contributed by atoms with E-state index >= 15 is 0 Å². The SMILES string of the molecule is CC(C)C1CCSC(Nc2ccc(Br)cc2Cl)=N1. The minimum absolute atomic E-state index is 0.419. The fraction of sp³-hybridized carbons (Fsp3) is 0.462. The molecular formula is C13H16BrClN2S. The van der Waals surface area contributed by atoms with E-state index in [4.69, 9.17) is 16.6 Å². The summed E-state index contributed by atoms with van der Waals surface area (Å²) in [6.07, 6.45) is 1.15.